The van der Waals surface area contributed by atoms with Crippen molar-refractivity contribution in [3.63, 3.8) is 0 Å². The molecule has 1 N–H and O–H groups in total. The predicted octanol–water partition coefficient (Wildman–Crippen LogP) is 2.90. The quantitative estimate of drug-likeness (QED) is 0.727. The van der Waals surface area contributed by atoms with Crippen LogP contribution in [0.4, 0.5) is 5.69 Å². The molecule has 1 heterocycles. The van der Waals surface area contributed by atoms with Crippen molar-refractivity contribution in [1.82, 2.24) is 14.8 Å². The standard InChI is InChI=1S/C20H20N4O3/c1-3-18(19(25)22-15-10-7-11-16(12-15)27-2)24-20(26)23-17(13-21-24)14-8-5-4-6-9-14/h4-13,18H,3H2,1-2H3,(H,22,25)/t18-/m1/s1. The van der Waals surface area contributed by atoms with Gasteiger partial charge in [0.05, 0.1) is 19.0 Å². The maximum Gasteiger partial charge on any atom is 0.365 e. The second kappa shape index (κ2) is 8.27. The molecule has 1 amide bonds. The summed E-state index contributed by atoms with van der Waals surface area (Å²) in [7, 11) is 1.55. The van der Waals surface area contributed by atoms with Crippen LogP contribution in [-0.4, -0.2) is 27.8 Å². The topological polar surface area (TPSA) is 86.1 Å². The first-order valence-corrected chi connectivity index (χ1v) is 8.58. The van der Waals surface area contributed by atoms with Crippen molar-refractivity contribution in [2.45, 2.75) is 19.4 Å². The molecule has 0 radical (unpaired) electrons. The summed E-state index contributed by atoms with van der Waals surface area (Å²) >= 11 is 0. The van der Waals surface area contributed by atoms with E-state index in [0.717, 1.165) is 10.2 Å². The molecule has 0 aliphatic heterocycles. The lowest BCUT2D eigenvalue weighted by Gasteiger charge is -2.16. The third-order valence-corrected chi connectivity index (χ3v) is 4.11. The number of anilines is 1. The smallest absolute Gasteiger partial charge is 0.365 e. The average Bonchev–Trinajstić information content (AvgIpc) is 2.70. The molecule has 0 spiro atoms. The fourth-order valence-corrected chi connectivity index (χ4v) is 2.71. The van der Waals surface area contributed by atoms with Crippen molar-refractivity contribution in [1.29, 1.82) is 0 Å². The van der Waals surface area contributed by atoms with E-state index in [1.807, 2.05) is 37.3 Å². The van der Waals surface area contributed by atoms with Crippen LogP contribution in [-0.2, 0) is 4.79 Å². The lowest BCUT2D eigenvalue weighted by Crippen LogP contribution is -2.36. The van der Waals surface area contributed by atoms with Gasteiger partial charge < -0.3 is 10.1 Å². The summed E-state index contributed by atoms with van der Waals surface area (Å²) in [6.45, 7) is 1.81. The van der Waals surface area contributed by atoms with E-state index >= 15 is 0 Å². The number of carbonyl (C=O) groups is 1. The highest BCUT2D eigenvalue weighted by molar-refractivity contribution is 5.93. The number of ether oxygens (including phenoxy) is 1. The van der Waals surface area contributed by atoms with Crippen LogP contribution in [0.5, 0.6) is 5.75 Å². The normalized spacial score (nSPS) is 11.6. The summed E-state index contributed by atoms with van der Waals surface area (Å²) in [6.07, 6.45) is 1.90. The van der Waals surface area contributed by atoms with Gasteiger partial charge >= 0.3 is 5.69 Å². The summed E-state index contributed by atoms with van der Waals surface area (Å²) < 4.78 is 6.27. The van der Waals surface area contributed by atoms with Crippen LogP contribution < -0.4 is 15.7 Å². The second-order valence-corrected chi connectivity index (χ2v) is 5.88. The average molecular weight is 364 g/mol. The van der Waals surface area contributed by atoms with Crippen LogP contribution in [0.25, 0.3) is 11.3 Å². The summed E-state index contributed by atoms with van der Waals surface area (Å²) in [6, 6.07) is 15.5. The van der Waals surface area contributed by atoms with Crippen LogP contribution in [0.3, 0.4) is 0 Å². The Hall–Kier alpha value is -3.48. The highest BCUT2D eigenvalue weighted by Crippen LogP contribution is 2.19. The predicted molar refractivity (Wildman–Crippen MR) is 103 cm³/mol. The summed E-state index contributed by atoms with van der Waals surface area (Å²) in [5.41, 5.74) is 1.28. The molecule has 138 valence electrons. The van der Waals surface area contributed by atoms with E-state index in [2.05, 4.69) is 15.4 Å². The van der Waals surface area contributed by atoms with Gasteiger partial charge in [0.1, 0.15) is 11.8 Å². The molecule has 0 aliphatic carbocycles. The minimum absolute atomic E-state index is 0.338. The lowest BCUT2D eigenvalue weighted by molar-refractivity contribution is -0.119. The number of methoxy groups -OCH3 is 1. The Morgan fingerprint density at radius 1 is 1.19 bits per heavy atom. The van der Waals surface area contributed by atoms with E-state index in [4.69, 9.17) is 4.74 Å². The number of hydrogen-bond acceptors (Lipinski definition) is 5. The third kappa shape index (κ3) is 4.20. The van der Waals surface area contributed by atoms with Crippen LogP contribution in [0, 0.1) is 0 Å². The van der Waals surface area contributed by atoms with Crippen molar-refractivity contribution in [3.05, 3.63) is 71.3 Å². The number of hydrogen-bond donors (Lipinski definition) is 1. The number of aromatic nitrogens is 3. The molecule has 27 heavy (non-hydrogen) atoms. The van der Waals surface area contributed by atoms with Crippen molar-refractivity contribution in [2.24, 2.45) is 0 Å². The Balaban J connectivity index is 1.84. The molecular formula is C20H20N4O3. The van der Waals surface area contributed by atoms with Crippen molar-refractivity contribution in [2.75, 3.05) is 12.4 Å². The zero-order valence-electron chi connectivity index (χ0n) is 15.1. The van der Waals surface area contributed by atoms with Crippen LogP contribution in [0.1, 0.15) is 19.4 Å². The fourth-order valence-electron chi connectivity index (χ4n) is 2.71. The fraction of sp³-hybridized carbons (Fsp3) is 0.200. The highest BCUT2D eigenvalue weighted by Gasteiger charge is 2.22. The Kier molecular flexibility index (Phi) is 5.61. The first kappa shape index (κ1) is 18.3. The lowest BCUT2D eigenvalue weighted by atomic mass is 10.2. The van der Waals surface area contributed by atoms with Crippen LogP contribution in [0.15, 0.2) is 65.6 Å². The number of carbonyl (C=O) groups excluding carboxylic acids is 1. The Bertz CT molecular complexity index is 986. The first-order valence-electron chi connectivity index (χ1n) is 8.58. The molecular weight excluding hydrogens is 344 g/mol. The summed E-state index contributed by atoms with van der Waals surface area (Å²) in [4.78, 5) is 29.2. The molecule has 0 aliphatic rings. The Labute approximate surface area is 156 Å². The molecule has 0 bridgehead atoms. The first-order chi connectivity index (χ1) is 13.1. The maximum absolute atomic E-state index is 12.7. The largest absolute Gasteiger partial charge is 0.497 e. The van der Waals surface area contributed by atoms with Crippen LogP contribution >= 0.6 is 0 Å². The van der Waals surface area contributed by atoms with E-state index in [0.29, 0.717) is 23.6 Å². The monoisotopic (exact) mass is 364 g/mol. The van der Waals surface area contributed by atoms with Gasteiger partial charge in [0.15, 0.2) is 0 Å². The Morgan fingerprint density at radius 3 is 2.63 bits per heavy atom. The number of nitrogens with zero attached hydrogens (tertiary/aromatic N) is 3. The Morgan fingerprint density at radius 2 is 1.96 bits per heavy atom. The SMILES string of the molecule is CC[C@H](C(=O)Nc1cccc(OC)c1)n1ncc(-c2ccccc2)nc1=O. The summed E-state index contributed by atoms with van der Waals surface area (Å²) in [5.74, 6) is 0.291. The minimum atomic E-state index is -0.763. The van der Waals surface area contributed by atoms with E-state index in [-0.39, 0.29) is 5.91 Å². The van der Waals surface area contributed by atoms with Gasteiger partial charge in [0.25, 0.3) is 0 Å². The molecule has 0 saturated heterocycles. The van der Waals surface area contributed by atoms with Gasteiger partial charge in [0, 0.05) is 17.3 Å². The molecule has 3 rings (SSSR count). The highest BCUT2D eigenvalue weighted by atomic mass is 16.5. The molecule has 7 heteroatoms. The molecule has 0 fully saturated rings. The van der Waals surface area contributed by atoms with E-state index < -0.39 is 11.7 Å². The van der Waals surface area contributed by atoms with Crippen LogP contribution in [0.2, 0.25) is 0 Å². The molecule has 0 saturated carbocycles. The number of amides is 1. The van der Waals surface area contributed by atoms with E-state index in [9.17, 15) is 9.59 Å². The molecule has 1 atom stereocenters. The zero-order valence-corrected chi connectivity index (χ0v) is 15.1. The van der Waals surface area contributed by atoms with Gasteiger partial charge in [-0.05, 0) is 18.6 Å². The molecule has 0 unspecified atom stereocenters. The number of benzene rings is 2. The van der Waals surface area contributed by atoms with E-state index in [1.165, 1.54) is 6.20 Å². The van der Waals surface area contributed by atoms with Crippen molar-refractivity contribution >= 4 is 11.6 Å². The van der Waals surface area contributed by atoms with Crippen molar-refractivity contribution < 1.29 is 9.53 Å². The van der Waals surface area contributed by atoms with Gasteiger partial charge in [-0.2, -0.15) is 10.1 Å². The molecule has 2 aromatic carbocycles. The zero-order chi connectivity index (χ0) is 19.2. The maximum atomic E-state index is 12.7. The number of nitrogens with one attached hydrogen (secondary N) is 1. The van der Waals surface area contributed by atoms with Gasteiger partial charge in [-0.3, -0.25) is 4.79 Å². The minimum Gasteiger partial charge on any atom is -0.497 e. The van der Waals surface area contributed by atoms with Gasteiger partial charge in [-0.25, -0.2) is 9.48 Å². The van der Waals surface area contributed by atoms with E-state index in [1.54, 1.807) is 31.4 Å². The van der Waals surface area contributed by atoms with Crippen molar-refractivity contribution in [3.8, 4) is 17.0 Å². The van der Waals surface area contributed by atoms with Gasteiger partial charge in [-0.1, -0.05) is 43.3 Å². The van der Waals surface area contributed by atoms with Gasteiger partial charge in [0.2, 0.25) is 5.91 Å². The molecule has 1 aromatic heterocycles. The molecule has 7 nitrogen and oxygen atoms in total. The van der Waals surface area contributed by atoms with Gasteiger partial charge in [-0.15, -0.1) is 0 Å². The third-order valence-electron chi connectivity index (χ3n) is 4.11. The molecule has 3 aromatic rings. The second-order valence-electron chi connectivity index (χ2n) is 5.88. The number of rotatable bonds is 6. The summed E-state index contributed by atoms with van der Waals surface area (Å²) in [5, 5.41) is 6.97.